The van der Waals surface area contributed by atoms with Crippen molar-refractivity contribution >= 4 is 77.7 Å². The van der Waals surface area contributed by atoms with Crippen LogP contribution in [0.5, 0.6) is 0 Å². The van der Waals surface area contributed by atoms with Crippen LogP contribution in [0.2, 0.25) is 0 Å². The molecule has 4 nitrogen and oxygen atoms in total. The molecule has 0 unspecified atom stereocenters. The van der Waals surface area contributed by atoms with E-state index in [1.54, 1.807) is 0 Å². The van der Waals surface area contributed by atoms with E-state index in [-0.39, 0.29) is 5.41 Å². The maximum absolute atomic E-state index is 2.49. The molecule has 1 aliphatic heterocycles. The second-order valence-electron chi connectivity index (χ2n) is 16.6. The Labute approximate surface area is 355 Å². The Hall–Kier alpha value is -7.82. The van der Waals surface area contributed by atoms with Crippen LogP contribution in [0.25, 0.3) is 55.0 Å². The summed E-state index contributed by atoms with van der Waals surface area (Å²) in [6.07, 6.45) is 0. The minimum absolute atomic E-state index is 0.134. The van der Waals surface area contributed by atoms with Gasteiger partial charge >= 0.3 is 0 Å². The quantitative estimate of drug-likeness (QED) is 0.167. The predicted molar refractivity (Wildman–Crippen MR) is 257 cm³/mol. The Morgan fingerprint density at radius 2 is 0.787 bits per heavy atom. The normalized spacial score (nSPS) is 13.2. The second kappa shape index (κ2) is 13.6. The highest BCUT2D eigenvalue weighted by molar-refractivity contribution is 6.12. The molecule has 9 aromatic carbocycles. The summed E-state index contributed by atoms with van der Waals surface area (Å²) in [6.45, 7) is 4.69. The van der Waals surface area contributed by atoms with E-state index in [0.717, 1.165) is 45.2 Å². The number of aromatic nitrogens is 2. The van der Waals surface area contributed by atoms with Crippen LogP contribution in [0, 0.1) is 0 Å². The lowest BCUT2D eigenvalue weighted by molar-refractivity contribution is 0.632. The first-order valence-corrected chi connectivity index (χ1v) is 21.1. The largest absolute Gasteiger partial charge is 0.310 e. The molecule has 0 amide bonds. The first-order chi connectivity index (χ1) is 30.1. The van der Waals surface area contributed by atoms with Crippen LogP contribution in [0.1, 0.15) is 25.0 Å². The number of fused-ring (bicyclic) bond motifs is 8. The summed E-state index contributed by atoms with van der Waals surface area (Å²) in [5.41, 5.74) is 16.2. The maximum Gasteiger partial charge on any atom is 0.0723 e. The fraction of sp³-hybridized carbons (Fsp3) is 0.0526. The van der Waals surface area contributed by atoms with E-state index in [2.05, 4.69) is 251 Å². The van der Waals surface area contributed by atoms with Gasteiger partial charge in [-0.25, -0.2) is 0 Å². The highest BCUT2D eigenvalue weighted by atomic mass is 15.2. The number of nitrogens with zero attached hydrogens (tertiary/aromatic N) is 4. The Morgan fingerprint density at radius 1 is 0.344 bits per heavy atom. The summed E-state index contributed by atoms with van der Waals surface area (Å²) in [7, 11) is 0. The monoisotopic (exact) mass is 782 g/mol. The van der Waals surface area contributed by atoms with Crippen molar-refractivity contribution < 1.29 is 0 Å². The molecule has 4 heteroatoms. The number of hydrogen-bond donors (Lipinski definition) is 0. The SMILES string of the molecule is CC1(C)c2ccccc2N(c2ccc3c(c2)c2ccccc2n3-c2cc(-n3c4ccccc4c4ccccc43)ccc2N(c2ccccc2)c2ccccc2)c2ccccc21. The van der Waals surface area contributed by atoms with E-state index in [9.17, 15) is 0 Å². The molecule has 0 radical (unpaired) electrons. The third-order valence-electron chi connectivity index (χ3n) is 12.9. The molecule has 0 saturated carbocycles. The summed E-state index contributed by atoms with van der Waals surface area (Å²) in [6, 6.07) is 79.7. The van der Waals surface area contributed by atoms with Crippen LogP contribution in [-0.2, 0) is 5.41 Å². The molecule has 1 aliphatic rings. The number of benzene rings is 9. The van der Waals surface area contributed by atoms with Gasteiger partial charge in [-0.15, -0.1) is 0 Å². The molecular weight excluding hydrogens is 741 g/mol. The highest BCUT2D eigenvalue weighted by Crippen LogP contribution is 2.52. The lowest BCUT2D eigenvalue weighted by Gasteiger charge is -2.42. The summed E-state index contributed by atoms with van der Waals surface area (Å²) < 4.78 is 4.91. The molecule has 0 aliphatic carbocycles. The zero-order valence-corrected chi connectivity index (χ0v) is 34.1. The predicted octanol–water partition coefficient (Wildman–Crippen LogP) is 15.5. The molecule has 2 aromatic heterocycles. The number of anilines is 6. The van der Waals surface area contributed by atoms with E-state index in [1.807, 2.05) is 0 Å². The summed E-state index contributed by atoms with van der Waals surface area (Å²) in [5.74, 6) is 0. The van der Waals surface area contributed by atoms with E-state index in [1.165, 1.54) is 55.1 Å². The molecule has 3 heterocycles. The van der Waals surface area contributed by atoms with Gasteiger partial charge in [0, 0.05) is 49.7 Å². The van der Waals surface area contributed by atoms with Crippen molar-refractivity contribution in [3.63, 3.8) is 0 Å². The van der Waals surface area contributed by atoms with E-state index in [0.29, 0.717) is 0 Å². The minimum atomic E-state index is -0.134. The second-order valence-corrected chi connectivity index (χ2v) is 16.6. The Kier molecular flexibility index (Phi) is 7.85. The smallest absolute Gasteiger partial charge is 0.0723 e. The van der Waals surface area contributed by atoms with Gasteiger partial charge in [-0.2, -0.15) is 0 Å². The van der Waals surface area contributed by atoms with Gasteiger partial charge in [0.1, 0.15) is 0 Å². The fourth-order valence-corrected chi connectivity index (χ4v) is 10.1. The van der Waals surface area contributed by atoms with Crippen molar-refractivity contribution in [1.82, 2.24) is 9.13 Å². The van der Waals surface area contributed by atoms with Crippen molar-refractivity contribution in [3.05, 3.63) is 230 Å². The van der Waals surface area contributed by atoms with E-state index >= 15 is 0 Å². The molecule has 61 heavy (non-hydrogen) atoms. The molecule has 0 bridgehead atoms. The minimum Gasteiger partial charge on any atom is -0.310 e. The molecule has 0 fully saturated rings. The zero-order chi connectivity index (χ0) is 40.7. The molecule has 0 atom stereocenters. The highest BCUT2D eigenvalue weighted by Gasteiger charge is 2.36. The third-order valence-corrected chi connectivity index (χ3v) is 12.9. The number of rotatable bonds is 6. The Morgan fingerprint density at radius 3 is 1.36 bits per heavy atom. The molecule has 0 spiro atoms. The lowest BCUT2D eigenvalue weighted by Crippen LogP contribution is -2.30. The van der Waals surface area contributed by atoms with Crippen molar-refractivity contribution in [2.45, 2.75) is 19.3 Å². The lowest BCUT2D eigenvalue weighted by atomic mass is 9.73. The van der Waals surface area contributed by atoms with Crippen LogP contribution in [0.15, 0.2) is 218 Å². The van der Waals surface area contributed by atoms with Gasteiger partial charge in [0.05, 0.1) is 44.8 Å². The summed E-state index contributed by atoms with van der Waals surface area (Å²) >= 11 is 0. The van der Waals surface area contributed by atoms with Gasteiger partial charge in [0.25, 0.3) is 0 Å². The topological polar surface area (TPSA) is 16.3 Å². The van der Waals surface area contributed by atoms with Gasteiger partial charge in [0.15, 0.2) is 0 Å². The summed E-state index contributed by atoms with van der Waals surface area (Å²) in [5, 5.41) is 4.89. The molecule has 0 N–H and O–H groups in total. The Bertz CT molecular complexity index is 3320. The molecule has 290 valence electrons. The van der Waals surface area contributed by atoms with Crippen LogP contribution in [0.3, 0.4) is 0 Å². The average Bonchev–Trinajstić information content (AvgIpc) is 3.83. The van der Waals surface area contributed by atoms with Gasteiger partial charge in [-0.3, -0.25) is 0 Å². The number of hydrogen-bond acceptors (Lipinski definition) is 2. The first-order valence-electron chi connectivity index (χ1n) is 21.1. The standard InChI is InChI=1S/C57H42N4/c1-57(2)47-26-12-17-31-53(47)60(54-32-18-13-27-48(54)57)41-33-35-52-46(37-41)45-25-11-16-30-51(45)61(52)56-38-42(59-49-28-14-9-23-43(49)44-24-10-15-29-50(44)59)34-36-55(56)58(39-19-5-3-6-20-39)40-21-7-4-8-22-40/h3-38H,1-2H3. The van der Waals surface area contributed by atoms with E-state index in [4.69, 9.17) is 0 Å². The molecule has 11 aromatic rings. The fourth-order valence-electron chi connectivity index (χ4n) is 10.1. The summed E-state index contributed by atoms with van der Waals surface area (Å²) in [4.78, 5) is 4.85. The van der Waals surface area contributed by atoms with Gasteiger partial charge in [-0.05, 0) is 102 Å². The number of para-hydroxylation sites is 7. The van der Waals surface area contributed by atoms with Crippen molar-refractivity contribution in [2.24, 2.45) is 0 Å². The van der Waals surface area contributed by atoms with Gasteiger partial charge in [0.2, 0.25) is 0 Å². The van der Waals surface area contributed by atoms with E-state index < -0.39 is 0 Å². The average molecular weight is 783 g/mol. The van der Waals surface area contributed by atoms with Gasteiger partial charge in [-0.1, -0.05) is 141 Å². The first kappa shape index (κ1) is 35.2. The van der Waals surface area contributed by atoms with Gasteiger partial charge < -0.3 is 18.9 Å². The Balaban J connectivity index is 1.15. The van der Waals surface area contributed by atoms with Crippen LogP contribution < -0.4 is 9.80 Å². The molecular formula is C57H42N4. The van der Waals surface area contributed by atoms with Crippen molar-refractivity contribution in [3.8, 4) is 11.4 Å². The van der Waals surface area contributed by atoms with Crippen molar-refractivity contribution in [2.75, 3.05) is 9.80 Å². The maximum atomic E-state index is 2.49. The molecule has 0 saturated heterocycles. The molecule has 12 rings (SSSR count). The third kappa shape index (κ3) is 5.32. The van der Waals surface area contributed by atoms with Crippen LogP contribution in [-0.4, -0.2) is 9.13 Å². The van der Waals surface area contributed by atoms with Crippen molar-refractivity contribution in [1.29, 1.82) is 0 Å². The zero-order valence-electron chi connectivity index (χ0n) is 34.1. The van der Waals surface area contributed by atoms with Crippen LogP contribution in [0.4, 0.5) is 34.1 Å². The van der Waals surface area contributed by atoms with Crippen LogP contribution >= 0.6 is 0 Å².